The Labute approximate surface area is 327 Å². The second kappa shape index (κ2) is 16.0. The van der Waals surface area contributed by atoms with E-state index in [4.69, 9.17) is 4.42 Å². The van der Waals surface area contributed by atoms with Crippen molar-refractivity contribution in [3.8, 4) is 33.6 Å². The zero-order valence-electron chi connectivity index (χ0n) is 32.2. The summed E-state index contributed by atoms with van der Waals surface area (Å²) in [5, 5.41) is 2.28. The minimum atomic E-state index is -1.76. The SMILES string of the molecule is CC(C)(C)c1cc[c-]c(-c2cc[c]([Ge]([CH3])([CH3])[CH3])cn2)c1.CC(C)c1ccnc(-c2[c-]cc(-c3ccccc3)c3c2oc2c(C(C)C)cccc23)c1.[Ir]. The van der Waals surface area contributed by atoms with Crippen LogP contribution >= 0.6 is 0 Å². The van der Waals surface area contributed by atoms with Gasteiger partial charge in [-0.1, -0.05) is 105 Å². The third-order valence-corrected chi connectivity index (χ3v) is 13.8. The average molecular weight is 924 g/mol. The van der Waals surface area contributed by atoms with Gasteiger partial charge in [0.25, 0.3) is 0 Å². The van der Waals surface area contributed by atoms with E-state index in [1.54, 1.807) is 0 Å². The van der Waals surface area contributed by atoms with Crippen LogP contribution in [0.2, 0.25) is 17.3 Å². The van der Waals surface area contributed by atoms with Gasteiger partial charge in [-0.25, -0.2) is 0 Å². The first-order chi connectivity index (χ1) is 24.2. The fourth-order valence-electron chi connectivity index (χ4n) is 6.38. The molecule has 3 heterocycles. The van der Waals surface area contributed by atoms with E-state index in [-0.39, 0.29) is 25.5 Å². The van der Waals surface area contributed by atoms with Crippen LogP contribution in [0.4, 0.5) is 0 Å². The van der Waals surface area contributed by atoms with Crippen LogP contribution in [-0.2, 0) is 25.5 Å². The van der Waals surface area contributed by atoms with E-state index in [9.17, 15) is 0 Å². The molecule has 0 N–H and O–H groups in total. The summed E-state index contributed by atoms with van der Waals surface area (Å²) in [5.41, 5.74) is 12.0. The fraction of sp³-hybridized carbons (Fsp3) is 0.277. The molecule has 0 atom stereocenters. The Morgan fingerprint density at radius 1 is 0.731 bits per heavy atom. The number of hydrogen-bond acceptors (Lipinski definition) is 3. The average Bonchev–Trinajstić information content (AvgIpc) is 3.51. The van der Waals surface area contributed by atoms with Crippen LogP contribution in [-0.4, -0.2) is 23.2 Å². The van der Waals surface area contributed by atoms with E-state index in [0.29, 0.717) is 11.8 Å². The van der Waals surface area contributed by atoms with Gasteiger partial charge < -0.3 is 9.40 Å². The van der Waals surface area contributed by atoms with Crippen molar-refractivity contribution in [1.29, 1.82) is 0 Å². The van der Waals surface area contributed by atoms with E-state index in [1.807, 2.05) is 18.3 Å². The first-order valence-corrected chi connectivity index (χ1v) is 25.5. The molecule has 5 heteroatoms. The molecule has 7 rings (SSSR count). The zero-order chi connectivity index (χ0) is 36.5. The van der Waals surface area contributed by atoms with Crippen molar-refractivity contribution < 1.29 is 24.5 Å². The van der Waals surface area contributed by atoms with Gasteiger partial charge in [-0.15, -0.1) is 12.1 Å². The van der Waals surface area contributed by atoms with E-state index in [0.717, 1.165) is 55.6 Å². The molecule has 3 aromatic heterocycles. The standard InChI is InChI=1S/C29H26NO.C18H24GeN.Ir/c1-18(2)21-15-16-30-26(17-21)24-14-13-23(20-9-6-5-7-10-20)27-25-12-8-11-22(19(3)4)28(25)31-29(24)27;1-18(2,3)15-9-7-8-14(12-15)17-11-10-16(13-20-17)19(4,5)6;/h5-13,15-19H,1-4H3;7,9-13H,1-6H3;/q2*-1;. The van der Waals surface area contributed by atoms with Gasteiger partial charge in [0.05, 0.1) is 5.58 Å². The third kappa shape index (κ3) is 8.52. The second-order valence-corrected chi connectivity index (χ2v) is 26.8. The molecule has 4 aromatic carbocycles. The number of para-hydroxylation sites is 1. The number of nitrogens with zero attached hydrogens (tertiary/aromatic N) is 2. The second-order valence-electron chi connectivity index (χ2n) is 16.2. The molecule has 7 aromatic rings. The van der Waals surface area contributed by atoms with Crippen molar-refractivity contribution >= 4 is 39.6 Å². The summed E-state index contributed by atoms with van der Waals surface area (Å²) < 4.78 is 8.07. The monoisotopic (exact) mass is 925 g/mol. The molecule has 0 amide bonds. The first kappa shape index (κ1) is 39.4. The predicted octanol–water partition coefficient (Wildman–Crippen LogP) is 12.8. The molecule has 0 aliphatic carbocycles. The normalized spacial score (nSPS) is 11.8. The number of pyridine rings is 2. The molecule has 0 bridgehead atoms. The zero-order valence-corrected chi connectivity index (χ0v) is 36.7. The van der Waals surface area contributed by atoms with Crippen molar-refractivity contribution in [3.05, 3.63) is 138 Å². The number of rotatable bonds is 6. The van der Waals surface area contributed by atoms with Gasteiger partial charge >= 0.3 is 126 Å². The molecule has 0 fully saturated rings. The summed E-state index contributed by atoms with van der Waals surface area (Å²) in [6.07, 6.45) is 3.95. The van der Waals surface area contributed by atoms with E-state index >= 15 is 0 Å². The van der Waals surface area contributed by atoms with Crippen molar-refractivity contribution in [2.75, 3.05) is 0 Å². The Kier molecular flexibility index (Phi) is 12.2. The molecular weight excluding hydrogens is 873 g/mol. The summed E-state index contributed by atoms with van der Waals surface area (Å²) in [6.45, 7) is 15.5. The van der Waals surface area contributed by atoms with Crippen LogP contribution in [0.5, 0.6) is 0 Å². The quantitative estimate of drug-likeness (QED) is 0.123. The summed E-state index contributed by atoms with van der Waals surface area (Å²) >= 11 is -1.76. The largest absolute Gasteiger partial charge is 0.500 e. The number of fused-ring (bicyclic) bond motifs is 3. The molecule has 0 aliphatic heterocycles. The van der Waals surface area contributed by atoms with Crippen LogP contribution < -0.4 is 4.40 Å². The van der Waals surface area contributed by atoms with E-state index < -0.39 is 13.3 Å². The van der Waals surface area contributed by atoms with Crippen molar-refractivity contribution in [1.82, 2.24) is 9.97 Å². The summed E-state index contributed by atoms with van der Waals surface area (Å²) in [4.78, 5) is 9.34. The molecule has 0 saturated heterocycles. The maximum Gasteiger partial charge on any atom is 0.124 e. The Balaban J connectivity index is 0.000000217. The fourth-order valence-corrected chi connectivity index (χ4v) is 8.55. The molecule has 0 unspecified atom stereocenters. The smallest absolute Gasteiger partial charge is 0.124 e. The van der Waals surface area contributed by atoms with Gasteiger partial charge in [0.15, 0.2) is 0 Å². The number of aromatic nitrogens is 2. The van der Waals surface area contributed by atoms with Crippen LogP contribution in [0.25, 0.3) is 55.6 Å². The number of hydrogen-bond donors (Lipinski definition) is 0. The van der Waals surface area contributed by atoms with E-state index in [1.165, 1.54) is 21.1 Å². The third-order valence-electron chi connectivity index (χ3n) is 9.59. The topological polar surface area (TPSA) is 38.9 Å². The van der Waals surface area contributed by atoms with Crippen molar-refractivity contribution in [3.63, 3.8) is 0 Å². The molecule has 0 saturated carbocycles. The summed E-state index contributed by atoms with van der Waals surface area (Å²) in [6, 6.07) is 40.9. The van der Waals surface area contributed by atoms with Crippen LogP contribution in [0.15, 0.2) is 114 Å². The number of benzene rings is 4. The maximum atomic E-state index is 6.62. The van der Waals surface area contributed by atoms with Gasteiger partial charge in [-0.2, -0.15) is 0 Å². The Morgan fingerprint density at radius 3 is 2.12 bits per heavy atom. The maximum absolute atomic E-state index is 6.62. The van der Waals surface area contributed by atoms with Gasteiger partial charge in [0.1, 0.15) is 5.58 Å². The Morgan fingerprint density at radius 2 is 1.48 bits per heavy atom. The van der Waals surface area contributed by atoms with Crippen LogP contribution in [0.3, 0.4) is 0 Å². The molecule has 3 nitrogen and oxygen atoms in total. The van der Waals surface area contributed by atoms with Crippen molar-refractivity contribution in [2.45, 2.75) is 83.0 Å². The molecule has 0 spiro atoms. The predicted molar refractivity (Wildman–Crippen MR) is 220 cm³/mol. The minimum Gasteiger partial charge on any atom is -0.500 e. The molecule has 0 aliphatic rings. The Hall–Kier alpha value is -3.83. The van der Waals surface area contributed by atoms with Crippen LogP contribution in [0, 0.1) is 12.1 Å². The molecular formula is C47H50GeIrN2O-2. The van der Waals surface area contributed by atoms with E-state index in [2.05, 4.69) is 179 Å². The molecule has 1 radical (unpaired) electrons. The molecule has 269 valence electrons. The summed E-state index contributed by atoms with van der Waals surface area (Å²) in [5.74, 6) is 7.98. The van der Waals surface area contributed by atoms with Crippen LogP contribution in [0.1, 0.15) is 77.0 Å². The first-order valence-electron chi connectivity index (χ1n) is 18.1. The van der Waals surface area contributed by atoms with Crippen molar-refractivity contribution in [2.24, 2.45) is 0 Å². The van der Waals surface area contributed by atoms with Gasteiger partial charge in [-0.05, 0) is 34.5 Å². The minimum absolute atomic E-state index is 0. The Bertz CT molecular complexity index is 2270. The number of furan rings is 1. The van der Waals surface area contributed by atoms with Gasteiger partial charge in [0, 0.05) is 31.7 Å². The molecule has 52 heavy (non-hydrogen) atoms. The van der Waals surface area contributed by atoms with Gasteiger partial charge in [-0.3, -0.25) is 0 Å². The van der Waals surface area contributed by atoms with Gasteiger partial charge in [0.2, 0.25) is 0 Å². The summed E-state index contributed by atoms with van der Waals surface area (Å²) in [7, 11) is 0.